The van der Waals surface area contributed by atoms with Crippen molar-refractivity contribution in [3.05, 3.63) is 23.9 Å². The Bertz CT molecular complexity index is 362. The molecule has 1 aromatic rings. The van der Waals surface area contributed by atoms with Crippen LogP contribution in [0.5, 0.6) is 0 Å². The first kappa shape index (κ1) is 12.4. The van der Waals surface area contributed by atoms with E-state index in [0.717, 1.165) is 18.9 Å². The van der Waals surface area contributed by atoms with Crippen LogP contribution in [0.3, 0.4) is 0 Å². The first-order chi connectivity index (χ1) is 8.16. The standard InChI is InChI=1S/C14H23N3/c1-11(2)16-10-13-6-7-15-14(9-13)17-8-4-5-12(17)3/h6-7,9,11-12,16H,4-5,8,10H2,1-3H3. The molecular weight excluding hydrogens is 210 g/mol. The Labute approximate surface area is 104 Å². The van der Waals surface area contributed by atoms with Crippen LogP contribution in [0.15, 0.2) is 18.3 Å². The summed E-state index contributed by atoms with van der Waals surface area (Å²) in [4.78, 5) is 6.91. The van der Waals surface area contributed by atoms with E-state index < -0.39 is 0 Å². The molecule has 2 heterocycles. The van der Waals surface area contributed by atoms with Gasteiger partial charge in [0.25, 0.3) is 0 Å². The second-order valence-electron chi connectivity index (χ2n) is 5.24. The number of nitrogens with one attached hydrogen (secondary N) is 1. The molecule has 3 heteroatoms. The summed E-state index contributed by atoms with van der Waals surface area (Å²) in [5.41, 5.74) is 1.32. The van der Waals surface area contributed by atoms with E-state index in [-0.39, 0.29) is 0 Å². The zero-order valence-corrected chi connectivity index (χ0v) is 11.1. The molecule has 1 saturated heterocycles. The van der Waals surface area contributed by atoms with Gasteiger partial charge in [-0.3, -0.25) is 0 Å². The first-order valence-electron chi connectivity index (χ1n) is 6.62. The minimum atomic E-state index is 0.525. The van der Waals surface area contributed by atoms with Crippen molar-refractivity contribution < 1.29 is 0 Å². The van der Waals surface area contributed by atoms with Crippen LogP contribution in [-0.2, 0) is 6.54 Å². The van der Waals surface area contributed by atoms with Crippen LogP contribution in [0.1, 0.15) is 39.2 Å². The number of hydrogen-bond acceptors (Lipinski definition) is 3. The van der Waals surface area contributed by atoms with Crippen molar-refractivity contribution >= 4 is 5.82 Å². The summed E-state index contributed by atoms with van der Waals surface area (Å²) in [5, 5.41) is 3.44. The van der Waals surface area contributed by atoms with Gasteiger partial charge in [0.2, 0.25) is 0 Å². The topological polar surface area (TPSA) is 28.2 Å². The lowest BCUT2D eigenvalue weighted by molar-refractivity contribution is 0.588. The van der Waals surface area contributed by atoms with Crippen molar-refractivity contribution in [3.63, 3.8) is 0 Å². The monoisotopic (exact) mass is 233 g/mol. The number of aromatic nitrogens is 1. The van der Waals surface area contributed by atoms with Gasteiger partial charge in [0.05, 0.1) is 0 Å². The van der Waals surface area contributed by atoms with Crippen LogP contribution in [-0.4, -0.2) is 23.6 Å². The minimum Gasteiger partial charge on any atom is -0.354 e. The van der Waals surface area contributed by atoms with Crippen LogP contribution in [0.4, 0.5) is 5.82 Å². The molecule has 1 aliphatic heterocycles. The SMILES string of the molecule is CC(C)NCc1ccnc(N2CCCC2C)c1. The Morgan fingerprint density at radius 1 is 1.53 bits per heavy atom. The third-order valence-corrected chi connectivity index (χ3v) is 3.37. The zero-order chi connectivity index (χ0) is 12.3. The molecule has 0 bridgehead atoms. The fourth-order valence-corrected chi connectivity index (χ4v) is 2.32. The Kier molecular flexibility index (Phi) is 4.00. The van der Waals surface area contributed by atoms with Gasteiger partial charge < -0.3 is 10.2 Å². The van der Waals surface area contributed by atoms with E-state index in [4.69, 9.17) is 0 Å². The fourth-order valence-electron chi connectivity index (χ4n) is 2.32. The fraction of sp³-hybridized carbons (Fsp3) is 0.643. The van der Waals surface area contributed by atoms with Crippen molar-refractivity contribution in [2.75, 3.05) is 11.4 Å². The van der Waals surface area contributed by atoms with Crippen LogP contribution < -0.4 is 10.2 Å². The van der Waals surface area contributed by atoms with Crippen LogP contribution in [0, 0.1) is 0 Å². The summed E-state index contributed by atoms with van der Waals surface area (Å²) in [7, 11) is 0. The molecule has 0 aromatic carbocycles. The molecule has 1 atom stereocenters. The maximum absolute atomic E-state index is 4.50. The van der Waals surface area contributed by atoms with Gasteiger partial charge in [-0.05, 0) is 37.5 Å². The van der Waals surface area contributed by atoms with E-state index in [2.05, 4.69) is 48.1 Å². The molecule has 0 radical (unpaired) electrons. The second-order valence-corrected chi connectivity index (χ2v) is 5.24. The molecule has 1 N–H and O–H groups in total. The number of nitrogens with zero attached hydrogens (tertiary/aromatic N) is 2. The van der Waals surface area contributed by atoms with Crippen LogP contribution >= 0.6 is 0 Å². The van der Waals surface area contributed by atoms with Gasteiger partial charge in [-0.1, -0.05) is 13.8 Å². The molecule has 1 fully saturated rings. The summed E-state index contributed by atoms with van der Waals surface area (Å²) in [6, 6.07) is 5.48. The lowest BCUT2D eigenvalue weighted by atomic mass is 10.2. The summed E-state index contributed by atoms with van der Waals surface area (Å²) in [6.07, 6.45) is 4.51. The number of rotatable bonds is 4. The first-order valence-corrected chi connectivity index (χ1v) is 6.62. The van der Waals surface area contributed by atoms with Gasteiger partial charge in [-0.2, -0.15) is 0 Å². The van der Waals surface area contributed by atoms with Crippen molar-refractivity contribution in [2.24, 2.45) is 0 Å². The van der Waals surface area contributed by atoms with Gasteiger partial charge in [-0.15, -0.1) is 0 Å². The van der Waals surface area contributed by atoms with E-state index in [0.29, 0.717) is 12.1 Å². The smallest absolute Gasteiger partial charge is 0.129 e. The number of pyridine rings is 1. The van der Waals surface area contributed by atoms with Crippen molar-refractivity contribution in [1.29, 1.82) is 0 Å². The van der Waals surface area contributed by atoms with Crippen LogP contribution in [0.2, 0.25) is 0 Å². The van der Waals surface area contributed by atoms with Crippen LogP contribution in [0.25, 0.3) is 0 Å². The predicted octanol–water partition coefficient (Wildman–Crippen LogP) is 2.57. The molecule has 0 saturated carbocycles. The van der Waals surface area contributed by atoms with E-state index in [9.17, 15) is 0 Å². The van der Waals surface area contributed by atoms with Crippen molar-refractivity contribution in [3.8, 4) is 0 Å². The lowest BCUT2D eigenvalue weighted by Gasteiger charge is -2.23. The largest absolute Gasteiger partial charge is 0.354 e. The molecule has 0 amide bonds. The highest BCUT2D eigenvalue weighted by Gasteiger charge is 2.21. The highest BCUT2D eigenvalue weighted by molar-refractivity contribution is 5.43. The Morgan fingerprint density at radius 2 is 2.35 bits per heavy atom. The van der Waals surface area contributed by atoms with Gasteiger partial charge in [0.15, 0.2) is 0 Å². The van der Waals surface area contributed by atoms with Crippen molar-refractivity contribution in [1.82, 2.24) is 10.3 Å². The molecule has 17 heavy (non-hydrogen) atoms. The van der Waals surface area contributed by atoms with Gasteiger partial charge in [0, 0.05) is 31.4 Å². The van der Waals surface area contributed by atoms with Gasteiger partial charge in [-0.25, -0.2) is 4.98 Å². The molecule has 0 spiro atoms. The average molecular weight is 233 g/mol. The number of anilines is 1. The molecule has 1 aromatic heterocycles. The maximum atomic E-state index is 4.50. The Balaban J connectivity index is 2.05. The molecular formula is C14H23N3. The molecule has 0 aliphatic carbocycles. The average Bonchev–Trinajstić information content (AvgIpc) is 2.73. The molecule has 1 unspecified atom stereocenters. The molecule has 2 rings (SSSR count). The summed E-state index contributed by atoms with van der Waals surface area (Å²) in [5.74, 6) is 1.14. The quantitative estimate of drug-likeness (QED) is 0.866. The molecule has 94 valence electrons. The Hall–Kier alpha value is -1.09. The highest BCUT2D eigenvalue weighted by Crippen LogP contribution is 2.23. The summed E-state index contributed by atoms with van der Waals surface area (Å²) >= 11 is 0. The third kappa shape index (κ3) is 3.19. The second kappa shape index (κ2) is 5.50. The Morgan fingerprint density at radius 3 is 3.00 bits per heavy atom. The van der Waals surface area contributed by atoms with Gasteiger partial charge >= 0.3 is 0 Å². The molecule has 1 aliphatic rings. The van der Waals surface area contributed by atoms with E-state index in [1.54, 1.807) is 0 Å². The van der Waals surface area contributed by atoms with E-state index >= 15 is 0 Å². The predicted molar refractivity (Wildman–Crippen MR) is 72.3 cm³/mol. The summed E-state index contributed by atoms with van der Waals surface area (Å²) < 4.78 is 0. The third-order valence-electron chi connectivity index (χ3n) is 3.37. The lowest BCUT2D eigenvalue weighted by Crippen LogP contribution is -2.27. The normalized spacial score (nSPS) is 20.2. The maximum Gasteiger partial charge on any atom is 0.129 e. The minimum absolute atomic E-state index is 0.525. The highest BCUT2D eigenvalue weighted by atomic mass is 15.2. The zero-order valence-electron chi connectivity index (χ0n) is 11.1. The van der Waals surface area contributed by atoms with E-state index in [1.165, 1.54) is 18.4 Å². The molecule has 3 nitrogen and oxygen atoms in total. The van der Waals surface area contributed by atoms with Gasteiger partial charge in [0.1, 0.15) is 5.82 Å². The van der Waals surface area contributed by atoms with E-state index in [1.807, 2.05) is 6.20 Å². The number of hydrogen-bond donors (Lipinski definition) is 1. The summed E-state index contributed by atoms with van der Waals surface area (Å²) in [6.45, 7) is 8.70. The van der Waals surface area contributed by atoms with Crippen molar-refractivity contribution in [2.45, 2.75) is 52.2 Å².